The standard InChI is InChI=1S/C11H14O3/c12-9-5-2-1-4-8(9)11(13)10-6-3-7-14-10/h3,6-9,12H,1-2,4-5H2/t8-,9+/m1/s1. The van der Waals surface area contributed by atoms with Crippen LogP contribution in [-0.4, -0.2) is 17.0 Å². The molecule has 1 aromatic rings. The summed E-state index contributed by atoms with van der Waals surface area (Å²) in [5, 5.41) is 9.68. The number of aliphatic hydroxyl groups excluding tert-OH is 1. The number of ketones is 1. The van der Waals surface area contributed by atoms with Gasteiger partial charge in [0.05, 0.1) is 18.3 Å². The first-order chi connectivity index (χ1) is 6.79. The van der Waals surface area contributed by atoms with Gasteiger partial charge in [0.2, 0.25) is 5.78 Å². The van der Waals surface area contributed by atoms with Crippen LogP contribution in [0.4, 0.5) is 0 Å². The van der Waals surface area contributed by atoms with Crippen LogP contribution in [0.5, 0.6) is 0 Å². The minimum absolute atomic E-state index is 0.0535. The fourth-order valence-corrected chi connectivity index (χ4v) is 2.02. The van der Waals surface area contributed by atoms with Gasteiger partial charge >= 0.3 is 0 Å². The van der Waals surface area contributed by atoms with E-state index in [4.69, 9.17) is 4.42 Å². The predicted molar refractivity (Wildman–Crippen MR) is 51.0 cm³/mol. The zero-order valence-electron chi connectivity index (χ0n) is 7.98. The van der Waals surface area contributed by atoms with Crippen molar-refractivity contribution in [1.29, 1.82) is 0 Å². The molecule has 0 spiro atoms. The van der Waals surface area contributed by atoms with Crippen LogP contribution < -0.4 is 0 Å². The first kappa shape index (κ1) is 9.46. The molecule has 1 heterocycles. The van der Waals surface area contributed by atoms with E-state index in [-0.39, 0.29) is 11.7 Å². The Morgan fingerprint density at radius 2 is 2.21 bits per heavy atom. The summed E-state index contributed by atoms with van der Waals surface area (Å²) in [6.07, 6.45) is 4.55. The second-order valence-corrected chi connectivity index (χ2v) is 3.80. The lowest BCUT2D eigenvalue weighted by atomic mass is 9.83. The lowest BCUT2D eigenvalue weighted by Crippen LogP contribution is -2.31. The van der Waals surface area contributed by atoms with Crippen LogP contribution in [0.15, 0.2) is 22.8 Å². The molecule has 2 atom stereocenters. The Morgan fingerprint density at radius 3 is 2.86 bits per heavy atom. The Balaban J connectivity index is 2.10. The predicted octanol–water partition coefficient (Wildman–Crippen LogP) is 2.01. The van der Waals surface area contributed by atoms with Crippen LogP contribution in [0.25, 0.3) is 0 Å². The summed E-state index contributed by atoms with van der Waals surface area (Å²) in [4.78, 5) is 11.8. The van der Waals surface area contributed by atoms with Crippen LogP contribution in [-0.2, 0) is 0 Å². The Labute approximate surface area is 82.7 Å². The van der Waals surface area contributed by atoms with Crippen molar-refractivity contribution in [2.24, 2.45) is 5.92 Å². The molecule has 0 unspecified atom stereocenters. The van der Waals surface area contributed by atoms with Gasteiger partial charge in [-0.05, 0) is 25.0 Å². The zero-order valence-corrected chi connectivity index (χ0v) is 7.98. The van der Waals surface area contributed by atoms with Crippen molar-refractivity contribution in [3.8, 4) is 0 Å². The van der Waals surface area contributed by atoms with Gasteiger partial charge in [0.15, 0.2) is 5.76 Å². The highest BCUT2D eigenvalue weighted by Gasteiger charge is 2.31. The van der Waals surface area contributed by atoms with Crippen molar-refractivity contribution < 1.29 is 14.3 Å². The summed E-state index contributed by atoms with van der Waals surface area (Å²) < 4.78 is 5.04. The summed E-state index contributed by atoms with van der Waals surface area (Å²) in [6, 6.07) is 3.35. The number of hydrogen-bond donors (Lipinski definition) is 1. The highest BCUT2D eigenvalue weighted by Crippen LogP contribution is 2.27. The van der Waals surface area contributed by atoms with E-state index in [1.807, 2.05) is 0 Å². The molecule has 1 aliphatic carbocycles. The van der Waals surface area contributed by atoms with Gasteiger partial charge in [0.25, 0.3) is 0 Å². The van der Waals surface area contributed by atoms with Crippen molar-refractivity contribution in [2.75, 3.05) is 0 Å². The smallest absolute Gasteiger partial charge is 0.203 e. The average molecular weight is 194 g/mol. The van der Waals surface area contributed by atoms with Gasteiger partial charge in [0, 0.05) is 0 Å². The second-order valence-electron chi connectivity index (χ2n) is 3.80. The number of furan rings is 1. The minimum Gasteiger partial charge on any atom is -0.461 e. The Bertz CT molecular complexity index is 302. The number of carbonyl (C=O) groups is 1. The van der Waals surface area contributed by atoms with E-state index in [1.165, 1.54) is 6.26 Å². The molecule has 2 rings (SSSR count). The molecule has 0 aromatic carbocycles. The summed E-state index contributed by atoms with van der Waals surface area (Å²) in [5.41, 5.74) is 0. The van der Waals surface area contributed by atoms with Gasteiger partial charge in [-0.15, -0.1) is 0 Å². The molecule has 1 saturated carbocycles. The van der Waals surface area contributed by atoms with Gasteiger partial charge in [0.1, 0.15) is 0 Å². The van der Waals surface area contributed by atoms with Crippen molar-refractivity contribution >= 4 is 5.78 Å². The monoisotopic (exact) mass is 194 g/mol. The Hall–Kier alpha value is -1.09. The molecule has 0 amide bonds. The fourth-order valence-electron chi connectivity index (χ4n) is 2.02. The van der Waals surface area contributed by atoms with E-state index < -0.39 is 6.10 Å². The SMILES string of the molecule is O=C(c1ccco1)[C@@H]1CCCC[C@@H]1O. The van der Waals surface area contributed by atoms with E-state index in [0.717, 1.165) is 25.7 Å². The van der Waals surface area contributed by atoms with Gasteiger partial charge in [-0.1, -0.05) is 12.8 Å². The topological polar surface area (TPSA) is 50.4 Å². The quantitative estimate of drug-likeness (QED) is 0.733. The fraction of sp³-hybridized carbons (Fsp3) is 0.545. The maximum Gasteiger partial charge on any atom is 0.203 e. The molecule has 1 aliphatic rings. The molecule has 0 saturated heterocycles. The molecule has 1 aromatic heterocycles. The number of rotatable bonds is 2. The van der Waals surface area contributed by atoms with Crippen LogP contribution in [0.2, 0.25) is 0 Å². The normalized spacial score (nSPS) is 27.5. The summed E-state index contributed by atoms with van der Waals surface area (Å²) in [6.45, 7) is 0. The molecular formula is C11H14O3. The Morgan fingerprint density at radius 1 is 1.43 bits per heavy atom. The molecule has 14 heavy (non-hydrogen) atoms. The van der Waals surface area contributed by atoms with E-state index in [9.17, 15) is 9.90 Å². The highest BCUT2D eigenvalue weighted by molar-refractivity contribution is 5.95. The maximum atomic E-state index is 11.8. The maximum absolute atomic E-state index is 11.8. The molecule has 76 valence electrons. The first-order valence-electron chi connectivity index (χ1n) is 5.05. The van der Waals surface area contributed by atoms with E-state index in [2.05, 4.69) is 0 Å². The second kappa shape index (κ2) is 3.96. The van der Waals surface area contributed by atoms with Crippen LogP contribution in [0.3, 0.4) is 0 Å². The molecule has 0 radical (unpaired) electrons. The lowest BCUT2D eigenvalue weighted by Gasteiger charge is -2.25. The lowest BCUT2D eigenvalue weighted by molar-refractivity contribution is 0.0503. The van der Waals surface area contributed by atoms with E-state index in [1.54, 1.807) is 12.1 Å². The average Bonchev–Trinajstić information content (AvgIpc) is 2.70. The van der Waals surface area contributed by atoms with Gasteiger partial charge in [-0.3, -0.25) is 4.79 Å². The van der Waals surface area contributed by atoms with Crippen LogP contribution in [0.1, 0.15) is 36.2 Å². The molecular weight excluding hydrogens is 180 g/mol. The van der Waals surface area contributed by atoms with Crippen molar-refractivity contribution in [3.63, 3.8) is 0 Å². The van der Waals surface area contributed by atoms with Gasteiger partial charge < -0.3 is 9.52 Å². The molecule has 0 aliphatic heterocycles. The number of aliphatic hydroxyl groups is 1. The number of hydrogen-bond acceptors (Lipinski definition) is 3. The number of carbonyl (C=O) groups excluding carboxylic acids is 1. The third-order valence-corrected chi connectivity index (χ3v) is 2.83. The molecule has 1 N–H and O–H groups in total. The first-order valence-corrected chi connectivity index (χ1v) is 5.05. The van der Waals surface area contributed by atoms with Gasteiger partial charge in [-0.2, -0.15) is 0 Å². The van der Waals surface area contributed by atoms with Crippen molar-refractivity contribution in [1.82, 2.24) is 0 Å². The summed E-state index contributed by atoms with van der Waals surface area (Å²) >= 11 is 0. The third kappa shape index (κ3) is 1.73. The molecule has 3 heteroatoms. The van der Waals surface area contributed by atoms with Crippen molar-refractivity contribution in [3.05, 3.63) is 24.2 Å². The molecule has 0 bridgehead atoms. The summed E-state index contributed by atoms with van der Waals surface area (Å²) in [5.74, 6) is 0.0630. The largest absolute Gasteiger partial charge is 0.461 e. The van der Waals surface area contributed by atoms with E-state index >= 15 is 0 Å². The van der Waals surface area contributed by atoms with Crippen molar-refractivity contribution in [2.45, 2.75) is 31.8 Å². The van der Waals surface area contributed by atoms with Crippen LogP contribution in [0, 0.1) is 5.92 Å². The molecule has 3 nitrogen and oxygen atoms in total. The molecule has 1 fully saturated rings. The summed E-state index contributed by atoms with van der Waals surface area (Å²) in [7, 11) is 0. The van der Waals surface area contributed by atoms with E-state index in [0.29, 0.717) is 5.76 Å². The number of Topliss-reactive ketones (excluding diaryl/α,β-unsaturated/α-hetero) is 1. The Kier molecular flexibility index (Phi) is 2.68. The third-order valence-electron chi connectivity index (χ3n) is 2.83. The highest BCUT2D eigenvalue weighted by atomic mass is 16.3. The van der Waals surface area contributed by atoms with Gasteiger partial charge in [-0.25, -0.2) is 0 Å². The zero-order chi connectivity index (χ0) is 9.97. The minimum atomic E-state index is -0.485. The van der Waals surface area contributed by atoms with Crippen LogP contribution >= 0.6 is 0 Å².